The van der Waals surface area contributed by atoms with Gasteiger partial charge in [0.2, 0.25) is 11.8 Å². The highest BCUT2D eigenvalue weighted by atomic mass is 16.6. The normalized spacial score (nSPS) is 16.6. The number of benzene rings is 2. The number of amides is 3. The van der Waals surface area contributed by atoms with Crippen molar-refractivity contribution in [3.63, 3.8) is 0 Å². The van der Waals surface area contributed by atoms with Crippen molar-refractivity contribution in [3.8, 4) is 11.1 Å². The number of carbonyl (C=O) groups is 4. The molecule has 1 saturated heterocycles. The van der Waals surface area contributed by atoms with Gasteiger partial charge in [-0.05, 0) is 35.1 Å². The molecule has 4 rings (SSSR count). The summed E-state index contributed by atoms with van der Waals surface area (Å²) in [6.07, 6.45) is 0.546. The fourth-order valence-corrected chi connectivity index (χ4v) is 4.46. The summed E-state index contributed by atoms with van der Waals surface area (Å²) in [6.45, 7) is -0.333. The minimum absolute atomic E-state index is 0.0749. The van der Waals surface area contributed by atoms with Crippen LogP contribution in [0.5, 0.6) is 0 Å². The zero-order chi connectivity index (χ0) is 23.4. The molecule has 0 unspecified atom stereocenters. The van der Waals surface area contributed by atoms with Crippen molar-refractivity contribution >= 4 is 23.9 Å². The van der Waals surface area contributed by atoms with E-state index in [0.717, 1.165) is 22.3 Å². The molecule has 1 aliphatic carbocycles. The van der Waals surface area contributed by atoms with Crippen molar-refractivity contribution in [3.05, 3.63) is 59.7 Å². The van der Waals surface area contributed by atoms with Crippen LogP contribution in [0.25, 0.3) is 11.1 Å². The number of nitrogens with one attached hydrogen (secondary N) is 2. The second-order valence-corrected chi connectivity index (χ2v) is 8.04. The summed E-state index contributed by atoms with van der Waals surface area (Å²) >= 11 is 0. The van der Waals surface area contributed by atoms with Crippen molar-refractivity contribution in [2.75, 3.05) is 26.2 Å². The van der Waals surface area contributed by atoms with Crippen LogP contribution in [0.2, 0.25) is 0 Å². The molecular formula is C24H25N3O6. The summed E-state index contributed by atoms with van der Waals surface area (Å²) < 4.78 is 5.66. The Morgan fingerprint density at radius 3 is 2.21 bits per heavy atom. The number of hydrogen-bond donors (Lipinski definition) is 3. The highest BCUT2D eigenvalue weighted by Gasteiger charge is 2.36. The van der Waals surface area contributed by atoms with Crippen LogP contribution >= 0.6 is 0 Å². The number of ether oxygens (including phenoxy) is 1. The maximum absolute atomic E-state index is 12.8. The van der Waals surface area contributed by atoms with Crippen LogP contribution in [-0.4, -0.2) is 66.2 Å². The summed E-state index contributed by atoms with van der Waals surface area (Å²) in [6, 6.07) is 15.4. The molecule has 33 heavy (non-hydrogen) atoms. The Morgan fingerprint density at radius 1 is 0.939 bits per heavy atom. The van der Waals surface area contributed by atoms with Crippen molar-refractivity contribution in [2.24, 2.45) is 0 Å². The maximum atomic E-state index is 12.8. The van der Waals surface area contributed by atoms with E-state index in [4.69, 9.17) is 9.84 Å². The molecule has 2 aliphatic rings. The smallest absolute Gasteiger partial charge is 0.410 e. The van der Waals surface area contributed by atoms with E-state index in [9.17, 15) is 19.2 Å². The number of hydrogen-bond acceptors (Lipinski definition) is 5. The van der Waals surface area contributed by atoms with E-state index >= 15 is 0 Å². The molecule has 1 atom stereocenters. The molecule has 1 fully saturated rings. The lowest BCUT2D eigenvalue weighted by atomic mass is 9.98. The molecule has 0 bridgehead atoms. The third kappa shape index (κ3) is 4.82. The van der Waals surface area contributed by atoms with E-state index < -0.39 is 36.5 Å². The number of aliphatic carboxylic acids is 1. The van der Waals surface area contributed by atoms with Crippen LogP contribution in [0.3, 0.4) is 0 Å². The molecule has 0 aromatic heterocycles. The van der Waals surface area contributed by atoms with Gasteiger partial charge in [-0.3, -0.25) is 19.3 Å². The molecule has 9 nitrogen and oxygen atoms in total. The molecule has 2 aromatic rings. The van der Waals surface area contributed by atoms with Crippen molar-refractivity contribution in [1.29, 1.82) is 0 Å². The summed E-state index contributed by atoms with van der Waals surface area (Å²) in [5.74, 6) is -2.33. The lowest BCUT2D eigenvalue weighted by Gasteiger charge is -2.24. The number of carboxylic acids is 1. The van der Waals surface area contributed by atoms with E-state index in [2.05, 4.69) is 22.8 Å². The van der Waals surface area contributed by atoms with E-state index in [-0.39, 0.29) is 19.1 Å². The van der Waals surface area contributed by atoms with Gasteiger partial charge in [-0.2, -0.15) is 0 Å². The van der Waals surface area contributed by atoms with Gasteiger partial charge < -0.3 is 20.5 Å². The third-order valence-electron chi connectivity index (χ3n) is 5.99. The van der Waals surface area contributed by atoms with Gasteiger partial charge >= 0.3 is 12.1 Å². The van der Waals surface area contributed by atoms with E-state index in [1.807, 2.05) is 36.4 Å². The maximum Gasteiger partial charge on any atom is 0.410 e. The van der Waals surface area contributed by atoms with Crippen LogP contribution in [0, 0.1) is 0 Å². The standard InChI is InChI=1S/C24H25N3O6/c28-21(25-13-22(29)30)12-26-23(31)20-10-5-11-27(20)24(32)33-14-19-17-8-3-1-6-15(17)16-7-2-4-9-18(16)19/h1-4,6-9,19-20H,5,10-14H2,(H,25,28)(H,26,31)(H,29,30)/t20-/m0/s1. The fraction of sp³-hybridized carbons (Fsp3) is 0.333. The lowest BCUT2D eigenvalue weighted by Crippen LogP contribution is -2.48. The summed E-state index contributed by atoms with van der Waals surface area (Å²) in [4.78, 5) is 48.9. The van der Waals surface area contributed by atoms with Crippen molar-refractivity contribution in [2.45, 2.75) is 24.8 Å². The molecule has 3 N–H and O–H groups in total. The van der Waals surface area contributed by atoms with Crippen LogP contribution in [0.1, 0.15) is 29.9 Å². The lowest BCUT2D eigenvalue weighted by molar-refractivity contribution is -0.137. The molecular weight excluding hydrogens is 426 g/mol. The number of likely N-dealkylation sites (tertiary alicyclic amines) is 1. The molecule has 0 radical (unpaired) electrons. The van der Waals surface area contributed by atoms with Gasteiger partial charge in [-0.15, -0.1) is 0 Å². The first-order valence-electron chi connectivity index (χ1n) is 10.8. The number of carboxylic acid groups (broad SMARTS) is 1. The van der Waals surface area contributed by atoms with Crippen LogP contribution in [0.4, 0.5) is 4.79 Å². The summed E-state index contributed by atoms with van der Waals surface area (Å²) in [5.41, 5.74) is 4.48. The predicted molar refractivity (Wildman–Crippen MR) is 118 cm³/mol. The fourth-order valence-electron chi connectivity index (χ4n) is 4.46. The van der Waals surface area contributed by atoms with Gasteiger partial charge in [0.1, 0.15) is 19.2 Å². The number of carbonyl (C=O) groups excluding carboxylic acids is 3. The Balaban J connectivity index is 1.35. The average Bonchev–Trinajstić information content (AvgIpc) is 3.43. The first kappa shape index (κ1) is 22.3. The quantitative estimate of drug-likeness (QED) is 0.589. The molecule has 0 saturated carbocycles. The van der Waals surface area contributed by atoms with Gasteiger partial charge in [-0.25, -0.2) is 4.79 Å². The second-order valence-electron chi connectivity index (χ2n) is 8.04. The Kier molecular flexibility index (Phi) is 6.58. The first-order chi connectivity index (χ1) is 16.0. The largest absolute Gasteiger partial charge is 0.480 e. The molecule has 1 aliphatic heterocycles. The zero-order valence-electron chi connectivity index (χ0n) is 18.0. The SMILES string of the molecule is O=C(O)CNC(=O)CNC(=O)[C@@H]1CCCN1C(=O)OCC1c2ccccc2-c2ccccc21. The minimum atomic E-state index is -1.17. The predicted octanol–water partition coefficient (Wildman–Crippen LogP) is 1.72. The molecule has 0 spiro atoms. The zero-order valence-corrected chi connectivity index (χ0v) is 18.0. The van der Waals surface area contributed by atoms with E-state index in [1.54, 1.807) is 0 Å². The Morgan fingerprint density at radius 2 is 1.58 bits per heavy atom. The van der Waals surface area contributed by atoms with Gasteiger partial charge in [0.15, 0.2) is 0 Å². The van der Waals surface area contributed by atoms with Gasteiger partial charge in [0.05, 0.1) is 6.54 Å². The average molecular weight is 451 g/mol. The van der Waals surface area contributed by atoms with Gasteiger partial charge in [0.25, 0.3) is 0 Å². The number of fused-ring (bicyclic) bond motifs is 3. The molecule has 9 heteroatoms. The summed E-state index contributed by atoms with van der Waals surface area (Å²) in [5, 5.41) is 13.2. The highest BCUT2D eigenvalue weighted by Crippen LogP contribution is 2.44. The van der Waals surface area contributed by atoms with E-state index in [0.29, 0.717) is 19.4 Å². The van der Waals surface area contributed by atoms with Gasteiger partial charge in [-0.1, -0.05) is 48.5 Å². The Labute approximate surface area is 190 Å². The Hall–Kier alpha value is -3.88. The first-order valence-corrected chi connectivity index (χ1v) is 10.8. The summed E-state index contributed by atoms with van der Waals surface area (Å²) in [7, 11) is 0. The third-order valence-corrected chi connectivity index (χ3v) is 5.99. The highest BCUT2D eigenvalue weighted by molar-refractivity contribution is 5.90. The monoisotopic (exact) mass is 451 g/mol. The van der Waals surface area contributed by atoms with E-state index in [1.165, 1.54) is 4.90 Å². The molecule has 3 amide bonds. The Bertz CT molecular complexity index is 1040. The number of nitrogens with zero attached hydrogens (tertiary/aromatic N) is 1. The van der Waals surface area contributed by atoms with Crippen LogP contribution in [0.15, 0.2) is 48.5 Å². The van der Waals surface area contributed by atoms with Crippen molar-refractivity contribution in [1.82, 2.24) is 15.5 Å². The molecule has 1 heterocycles. The van der Waals surface area contributed by atoms with Crippen LogP contribution < -0.4 is 10.6 Å². The topological polar surface area (TPSA) is 125 Å². The second kappa shape index (κ2) is 9.72. The number of rotatable bonds is 7. The van der Waals surface area contributed by atoms with Crippen LogP contribution in [-0.2, 0) is 19.1 Å². The van der Waals surface area contributed by atoms with Crippen molar-refractivity contribution < 1.29 is 29.0 Å². The molecule has 2 aromatic carbocycles. The molecule has 172 valence electrons. The van der Waals surface area contributed by atoms with Gasteiger partial charge in [0, 0.05) is 12.5 Å². The minimum Gasteiger partial charge on any atom is -0.480 e.